The Balaban J connectivity index is 3.47. The van der Waals surface area contributed by atoms with Crippen LogP contribution in [0.15, 0.2) is 0 Å². The number of carbonyl (C=O) groups excluding carboxylic acids is 1. The molecule has 0 radical (unpaired) electrons. The number of hydrogen-bond donors (Lipinski definition) is 1. The molecule has 0 bridgehead atoms. The predicted molar refractivity (Wildman–Crippen MR) is 67.9 cm³/mol. The molecule has 0 heterocycles. The molecule has 0 aliphatic carbocycles. The van der Waals surface area contributed by atoms with E-state index in [4.69, 9.17) is 5.11 Å². The first-order valence-electron chi connectivity index (χ1n) is 6.53. The molecule has 0 aliphatic rings. The minimum absolute atomic E-state index is 0.0265. The number of nitrogens with zero attached hydrogens (tertiary/aromatic N) is 1. The zero-order chi connectivity index (χ0) is 13.1. The highest BCUT2D eigenvalue weighted by Gasteiger charge is 2.09. The van der Waals surface area contributed by atoms with E-state index in [2.05, 4.69) is 6.92 Å². The van der Waals surface area contributed by atoms with E-state index in [0.29, 0.717) is 13.0 Å². The van der Waals surface area contributed by atoms with Crippen molar-refractivity contribution in [2.75, 3.05) is 13.6 Å². The maximum atomic E-state index is 11.6. The Morgan fingerprint density at radius 2 is 1.59 bits per heavy atom. The lowest BCUT2D eigenvalue weighted by Crippen LogP contribution is -2.28. The molecule has 0 atom stereocenters. The molecule has 0 rings (SSSR count). The van der Waals surface area contributed by atoms with Gasteiger partial charge in [-0.05, 0) is 6.42 Å². The van der Waals surface area contributed by atoms with Gasteiger partial charge >= 0.3 is 5.97 Å². The summed E-state index contributed by atoms with van der Waals surface area (Å²) < 4.78 is 0. The molecule has 0 aromatic heterocycles. The number of amides is 1. The fraction of sp³-hybridized carbons (Fsp3) is 0.846. The lowest BCUT2D eigenvalue weighted by atomic mass is 10.1. The number of aliphatic carboxylic acids is 1. The zero-order valence-electron chi connectivity index (χ0n) is 11.1. The van der Waals surface area contributed by atoms with Gasteiger partial charge in [0.1, 0.15) is 0 Å². The Morgan fingerprint density at radius 1 is 1.00 bits per heavy atom. The molecule has 0 fully saturated rings. The van der Waals surface area contributed by atoms with Crippen molar-refractivity contribution in [1.82, 2.24) is 4.90 Å². The maximum Gasteiger partial charge on any atom is 0.305 e. The van der Waals surface area contributed by atoms with Crippen LogP contribution < -0.4 is 0 Å². The summed E-state index contributed by atoms with van der Waals surface area (Å²) in [5.74, 6) is -0.800. The van der Waals surface area contributed by atoms with E-state index in [0.717, 1.165) is 12.8 Å². The van der Waals surface area contributed by atoms with Gasteiger partial charge in [0.15, 0.2) is 0 Å². The fourth-order valence-corrected chi connectivity index (χ4v) is 1.64. The van der Waals surface area contributed by atoms with Crippen molar-refractivity contribution in [3.8, 4) is 0 Å². The molecule has 0 spiro atoms. The SMILES string of the molecule is CCCCCCCCC(=O)N(C)CCC(=O)O. The van der Waals surface area contributed by atoms with Gasteiger partial charge in [0.25, 0.3) is 0 Å². The van der Waals surface area contributed by atoms with Crippen LogP contribution in [0.1, 0.15) is 58.3 Å². The van der Waals surface area contributed by atoms with Crippen LogP contribution in [0.25, 0.3) is 0 Å². The van der Waals surface area contributed by atoms with Crippen molar-refractivity contribution in [1.29, 1.82) is 0 Å². The summed E-state index contributed by atoms with van der Waals surface area (Å²) in [7, 11) is 1.67. The molecule has 100 valence electrons. The first kappa shape index (κ1) is 15.9. The monoisotopic (exact) mass is 243 g/mol. The molecular formula is C13H25NO3. The van der Waals surface area contributed by atoms with Gasteiger partial charge in [-0.25, -0.2) is 0 Å². The number of carboxylic acids is 1. The average Bonchev–Trinajstić information content (AvgIpc) is 2.30. The minimum atomic E-state index is -0.857. The first-order valence-corrected chi connectivity index (χ1v) is 6.53. The molecule has 4 heteroatoms. The highest BCUT2D eigenvalue weighted by Crippen LogP contribution is 2.08. The van der Waals surface area contributed by atoms with Gasteiger partial charge in [0, 0.05) is 20.0 Å². The molecular weight excluding hydrogens is 218 g/mol. The summed E-state index contributed by atoms with van der Waals surface area (Å²) in [6.07, 6.45) is 7.53. The van der Waals surface area contributed by atoms with Crippen LogP contribution in [0.5, 0.6) is 0 Å². The lowest BCUT2D eigenvalue weighted by Gasteiger charge is -2.15. The quantitative estimate of drug-likeness (QED) is 0.600. The van der Waals surface area contributed by atoms with Crippen LogP contribution in [-0.2, 0) is 9.59 Å². The number of carbonyl (C=O) groups is 2. The fourth-order valence-electron chi connectivity index (χ4n) is 1.64. The van der Waals surface area contributed by atoms with Gasteiger partial charge in [0.2, 0.25) is 5.91 Å². The van der Waals surface area contributed by atoms with Crippen LogP contribution >= 0.6 is 0 Å². The van der Waals surface area contributed by atoms with Crippen molar-refractivity contribution >= 4 is 11.9 Å². The number of hydrogen-bond acceptors (Lipinski definition) is 2. The van der Waals surface area contributed by atoms with Crippen molar-refractivity contribution in [3.05, 3.63) is 0 Å². The van der Waals surface area contributed by atoms with E-state index in [9.17, 15) is 9.59 Å². The number of rotatable bonds is 10. The summed E-state index contributed by atoms with van der Waals surface area (Å²) >= 11 is 0. The second kappa shape index (κ2) is 10.1. The maximum absolute atomic E-state index is 11.6. The molecule has 0 aromatic carbocycles. The predicted octanol–water partition coefficient (Wildman–Crippen LogP) is 2.67. The topological polar surface area (TPSA) is 57.6 Å². The summed E-state index contributed by atoms with van der Waals surface area (Å²) in [5, 5.41) is 8.50. The molecule has 17 heavy (non-hydrogen) atoms. The highest BCUT2D eigenvalue weighted by atomic mass is 16.4. The lowest BCUT2D eigenvalue weighted by molar-refractivity contribution is -0.138. The third-order valence-corrected chi connectivity index (χ3v) is 2.83. The number of unbranched alkanes of at least 4 members (excludes halogenated alkanes) is 5. The van der Waals surface area contributed by atoms with Crippen molar-refractivity contribution in [2.24, 2.45) is 0 Å². The average molecular weight is 243 g/mol. The summed E-state index contributed by atoms with van der Waals surface area (Å²) in [6, 6.07) is 0. The van der Waals surface area contributed by atoms with E-state index in [1.807, 2.05) is 0 Å². The second-order valence-corrected chi connectivity index (χ2v) is 4.48. The van der Waals surface area contributed by atoms with E-state index in [-0.39, 0.29) is 12.3 Å². The van der Waals surface area contributed by atoms with Crippen LogP contribution in [0, 0.1) is 0 Å². The zero-order valence-corrected chi connectivity index (χ0v) is 11.1. The van der Waals surface area contributed by atoms with Crippen molar-refractivity contribution in [3.63, 3.8) is 0 Å². The number of carboxylic acid groups (broad SMARTS) is 1. The third-order valence-electron chi connectivity index (χ3n) is 2.83. The molecule has 0 saturated heterocycles. The standard InChI is InChI=1S/C13H25NO3/c1-3-4-5-6-7-8-9-12(15)14(2)11-10-13(16)17/h3-11H2,1-2H3,(H,16,17). The molecule has 0 aromatic rings. The van der Waals surface area contributed by atoms with Crippen LogP contribution in [-0.4, -0.2) is 35.5 Å². The van der Waals surface area contributed by atoms with Crippen LogP contribution in [0.2, 0.25) is 0 Å². The van der Waals surface area contributed by atoms with E-state index >= 15 is 0 Å². The molecule has 0 saturated carbocycles. The Labute approximate surface area is 104 Å². The highest BCUT2D eigenvalue weighted by molar-refractivity contribution is 5.76. The third kappa shape index (κ3) is 9.85. The van der Waals surface area contributed by atoms with Crippen molar-refractivity contribution < 1.29 is 14.7 Å². The van der Waals surface area contributed by atoms with E-state index in [1.54, 1.807) is 7.05 Å². The normalized spacial score (nSPS) is 10.2. The van der Waals surface area contributed by atoms with Gasteiger partial charge in [-0.3, -0.25) is 9.59 Å². The largest absolute Gasteiger partial charge is 0.481 e. The summed E-state index contributed by atoms with van der Waals surface area (Å²) in [4.78, 5) is 23.4. The van der Waals surface area contributed by atoms with Gasteiger partial charge in [-0.15, -0.1) is 0 Å². The molecule has 4 nitrogen and oxygen atoms in total. The molecule has 1 N–H and O–H groups in total. The minimum Gasteiger partial charge on any atom is -0.481 e. The van der Waals surface area contributed by atoms with Crippen LogP contribution in [0.3, 0.4) is 0 Å². The second-order valence-electron chi connectivity index (χ2n) is 4.48. The Bertz CT molecular complexity index is 229. The first-order chi connectivity index (χ1) is 8.07. The summed E-state index contributed by atoms with van der Waals surface area (Å²) in [5.41, 5.74) is 0. The van der Waals surface area contributed by atoms with Crippen LogP contribution in [0.4, 0.5) is 0 Å². The van der Waals surface area contributed by atoms with E-state index in [1.165, 1.54) is 30.6 Å². The molecule has 0 aliphatic heterocycles. The smallest absolute Gasteiger partial charge is 0.305 e. The molecule has 0 unspecified atom stereocenters. The molecule has 1 amide bonds. The van der Waals surface area contributed by atoms with Crippen molar-refractivity contribution in [2.45, 2.75) is 58.3 Å². The Morgan fingerprint density at radius 3 is 2.18 bits per heavy atom. The van der Waals surface area contributed by atoms with Gasteiger partial charge in [0.05, 0.1) is 6.42 Å². The summed E-state index contributed by atoms with van der Waals surface area (Å²) in [6.45, 7) is 2.49. The van der Waals surface area contributed by atoms with E-state index < -0.39 is 5.97 Å². The van der Waals surface area contributed by atoms with Gasteiger partial charge in [-0.1, -0.05) is 39.0 Å². The Kier molecular flexibility index (Phi) is 9.49. The van der Waals surface area contributed by atoms with Gasteiger partial charge < -0.3 is 10.0 Å². The Hall–Kier alpha value is -1.06. The van der Waals surface area contributed by atoms with Gasteiger partial charge in [-0.2, -0.15) is 0 Å².